The van der Waals surface area contributed by atoms with Gasteiger partial charge in [0.05, 0.1) is 16.3 Å². The van der Waals surface area contributed by atoms with Gasteiger partial charge in [0.1, 0.15) is 0 Å². The number of rotatable bonds is 8. The molecule has 162 valence electrons. The number of anilines is 1. The minimum Gasteiger partial charge on any atom is -0.368 e. The van der Waals surface area contributed by atoms with Gasteiger partial charge in [-0.25, -0.2) is 8.42 Å². The Hall–Kier alpha value is -2.36. The summed E-state index contributed by atoms with van der Waals surface area (Å²) in [6.45, 7) is 7.85. The van der Waals surface area contributed by atoms with Crippen LogP contribution in [0.15, 0.2) is 48.1 Å². The summed E-state index contributed by atoms with van der Waals surface area (Å²) in [5, 5.41) is 7.30. The fourth-order valence-electron chi connectivity index (χ4n) is 3.35. The van der Waals surface area contributed by atoms with Crippen molar-refractivity contribution in [2.45, 2.75) is 24.9 Å². The molecule has 1 saturated heterocycles. The first-order valence-electron chi connectivity index (χ1n) is 9.84. The Balaban J connectivity index is 1.82. The average Bonchev–Trinajstić information content (AvgIpc) is 3.18. The van der Waals surface area contributed by atoms with Crippen molar-refractivity contribution in [1.29, 1.82) is 0 Å². The molecule has 0 spiro atoms. The Labute approximate surface area is 182 Å². The zero-order chi connectivity index (χ0) is 21.7. The predicted octanol–water partition coefficient (Wildman–Crippen LogP) is 2.37. The molecule has 0 unspecified atom stereocenters. The van der Waals surface area contributed by atoms with Gasteiger partial charge in [0.25, 0.3) is 15.9 Å². The number of sulfonamides is 1. The van der Waals surface area contributed by atoms with Gasteiger partial charge in [0, 0.05) is 45.5 Å². The quantitative estimate of drug-likeness (QED) is 0.622. The van der Waals surface area contributed by atoms with Crippen LogP contribution in [0.25, 0.3) is 0 Å². The van der Waals surface area contributed by atoms with Crippen LogP contribution < -0.4 is 10.2 Å². The monoisotopic (exact) mass is 451 g/mol. The van der Waals surface area contributed by atoms with Gasteiger partial charge < -0.3 is 10.2 Å². The minimum atomic E-state index is -3.92. The summed E-state index contributed by atoms with van der Waals surface area (Å²) in [4.78, 5) is 14.6. The smallest absolute Gasteiger partial charge is 0.263 e. The third-order valence-electron chi connectivity index (χ3n) is 4.85. The van der Waals surface area contributed by atoms with E-state index in [2.05, 4.69) is 21.9 Å². The zero-order valence-corrected chi connectivity index (χ0v) is 18.5. The third kappa shape index (κ3) is 4.69. The van der Waals surface area contributed by atoms with Crippen molar-refractivity contribution < 1.29 is 13.2 Å². The van der Waals surface area contributed by atoms with Crippen LogP contribution in [-0.2, 0) is 16.6 Å². The summed E-state index contributed by atoms with van der Waals surface area (Å²) in [7, 11) is -3.92. The van der Waals surface area contributed by atoms with E-state index in [0.717, 1.165) is 12.1 Å². The van der Waals surface area contributed by atoms with Crippen LogP contribution in [0.1, 0.15) is 23.7 Å². The Morgan fingerprint density at radius 2 is 1.97 bits per heavy atom. The van der Waals surface area contributed by atoms with Gasteiger partial charge >= 0.3 is 0 Å². The molecular weight excluding hydrogens is 426 g/mol. The van der Waals surface area contributed by atoms with E-state index in [9.17, 15) is 13.2 Å². The Kier molecular flexibility index (Phi) is 7.17. The largest absolute Gasteiger partial charge is 0.368 e. The van der Waals surface area contributed by atoms with Crippen LogP contribution in [0.3, 0.4) is 0 Å². The maximum absolute atomic E-state index is 13.3. The second-order valence-electron chi connectivity index (χ2n) is 6.95. The molecule has 0 saturated carbocycles. The first-order chi connectivity index (χ1) is 14.4. The number of nitrogens with zero attached hydrogens (tertiary/aromatic N) is 4. The first kappa shape index (κ1) is 22.3. The molecule has 3 rings (SSSR count). The number of amides is 1. The van der Waals surface area contributed by atoms with Crippen molar-refractivity contribution >= 4 is 33.2 Å². The van der Waals surface area contributed by atoms with Gasteiger partial charge in [-0.05, 0) is 18.6 Å². The predicted molar refractivity (Wildman–Crippen MR) is 117 cm³/mol. The molecule has 30 heavy (non-hydrogen) atoms. The Bertz CT molecular complexity index is 1010. The molecule has 2 heterocycles. The van der Waals surface area contributed by atoms with E-state index < -0.39 is 15.9 Å². The maximum atomic E-state index is 13.3. The number of aryl methyl sites for hydroxylation is 1. The summed E-state index contributed by atoms with van der Waals surface area (Å²) >= 11 is 6.27. The van der Waals surface area contributed by atoms with Crippen molar-refractivity contribution in [3.8, 4) is 0 Å². The van der Waals surface area contributed by atoms with E-state index in [0.29, 0.717) is 24.7 Å². The van der Waals surface area contributed by atoms with E-state index >= 15 is 0 Å². The molecule has 0 radical (unpaired) electrons. The number of carbonyl (C=O) groups excluding carboxylic acids is 1. The Morgan fingerprint density at radius 3 is 2.60 bits per heavy atom. The molecule has 1 fully saturated rings. The zero-order valence-electron chi connectivity index (χ0n) is 16.9. The molecule has 1 N–H and O–H groups in total. The van der Waals surface area contributed by atoms with Gasteiger partial charge in [-0.2, -0.15) is 9.40 Å². The molecular formula is C20H26ClN5O3S. The summed E-state index contributed by atoms with van der Waals surface area (Å²) in [6.07, 6.45) is 3.80. The molecule has 1 aliphatic heterocycles. The maximum Gasteiger partial charge on any atom is 0.263 e. The van der Waals surface area contributed by atoms with Crippen molar-refractivity contribution in [2.75, 3.05) is 37.6 Å². The Morgan fingerprint density at radius 1 is 1.27 bits per heavy atom. The highest BCUT2D eigenvalue weighted by Gasteiger charge is 2.34. The number of carbonyl (C=O) groups is 1. The molecule has 1 aliphatic rings. The number of benzene rings is 1. The van der Waals surface area contributed by atoms with E-state index in [4.69, 9.17) is 11.6 Å². The lowest BCUT2D eigenvalue weighted by Gasteiger charge is -2.35. The highest BCUT2D eigenvalue weighted by atomic mass is 35.5. The van der Waals surface area contributed by atoms with Crippen LogP contribution in [0.2, 0.25) is 5.02 Å². The van der Waals surface area contributed by atoms with E-state index in [1.807, 2.05) is 31.2 Å². The second-order valence-corrected chi connectivity index (χ2v) is 9.21. The number of hydrogen-bond acceptors (Lipinski definition) is 5. The molecule has 1 aromatic heterocycles. The van der Waals surface area contributed by atoms with Crippen molar-refractivity contribution in [2.24, 2.45) is 0 Å². The molecule has 0 bridgehead atoms. The van der Waals surface area contributed by atoms with Crippen molar-refractivity contribution in [3.05, 3.63) is 53.7 Å². The normalized spacial score (nSPS) is 15.2. The van der Waals surface area contributed by atoms with Crippen molar-refractivity contribution in [1.82, 2.24) is 19.4 Å². The van der Waals surface area contributed by atoms with Gasteiger partial charge in [-0.3, -0.25) is 9.48 Å². The van der Waals surface area contributed by atoms with Crippen LogP contribution >= 0.6 is 11.6 Å². The van der Waals surface area contributed by atoms with Crippen LogP contribution in [0.5, 0.6) is 0 Å². The van der Waals surface area contributed by atoms with Gasteiger partial charge in [-0.15, -0.1) is 6.58 Å². The number of nitrogens with one attached hydrogen (secondary N) is 1. The van der Waals surface area contributed by atoms with E-state index in [-0.39, 0.29) is 30.2 Å². The van der Waals surface area contributed by atoms with Gasteiger partial charge in [0.2, 0.25) is 5.03 Å². The summed E-state index contributed by atoms with van der Waals surface area (Å²) in [5.74, 6) is -0.481. The summed E-state index contributed by atoms with van der Waals surface area (Å²) < 4.78 is 29.5. The molecule has 0 aliphatic carbocycles. The van der Waals surface area contributed by atoms with E-state index in [1.54, 1.807) is 0 Å². The molecule has 0 atom stereocenters. The standard InChI is InChI=1S/C20H26ClN5O3S/c1-3-9-22-19(27)16-15-25(10-4-2)23-20(16)30(28,29)26-13-11-24(12-14-26)18-8-6-5-7-17(18)21/h3,5-8,15H,1,4,9-14H2,2H3,(H,22,27). The second kappa shape index (κ2) is 9.63. The molecule has 8 nitrogen and oxygen atoms in total. The van der Waals surface area contributed by atoms with Crippen molar-refractivity contribution in [3.63, 3.8) is 0 Å². The number of aromatic nitrogens is 2. The topological polar surface area (TPSA) is 87.5 Å². The van der Waals surface area contributed by atoms with Crippen LogP contribution in [0.4, 0.5) is 5.69 Å². The minimum absolute atomic E-state index is 0.0545. The van der Waals surface area contributed by atoms with Gasteiger partial charge in [-0.1, -0.05) is 36.7 Å². The third-order valence-corrected chi connectivity index (χ3v) is 7.00. The number of piperazine rings is 1. The average molecular weight is 452 g/mol. The SMILES string of the molecule is C=CCNC(=O)c1cn(CCC)nc1S(=O)(=O)N1CCN(c2ccccc2Cl)CC1. The number of hydrogen-bond donors (Lipinski definition) is 1. The van der Waals surface area contributed by atoms with Gasteiger partial charge in [0.15, 0.2) is 0 Å². The fourth-order valence-corrected chi connectivity index (χ4v) is 5.13. The molecule has 1 amide bonds. The molecule has 10 heteroatoms. The molecule has 2 aromatic rings. The number of halogens is 1. The highest BCUT2D eigenvalue weighted by molar-refractivity contribution is 7.89. The highest BCUT2D eigenvalue weighted by Crippen LogP contribution is 2.27. The summed E-state index contributed by atoms with van der Waals surface area (Å²) in [6, 6.07) is 7.49. The fraction of sp³-hybridized carbons (Fsp3) is 0.400. The lowest BCUT2D eigenvalue weighted by Crippen LogP contribution is -2.49. The van der Waals surface area contributed by atoms with Crippen LogP contribution in [0, 0.1) is 0 Å². The lowest BCUT2D eigenvalue weighted by molar-refractivity contribution is 0.0954. The van der Waals surface area contributed by atoms with E-state index in [1.165, 1.54) is 21.3 Å². The number of para-hydroxylation sites is 1. The van der Waals surface area contributed by atoms with Crippen LogP contribution in [-0.4, -0.2) is 61.1 Å². The lowest BCUT2D eigenvalue weighted by atomic mass is 10.2. The first-order valence-corrected chi connectivity index (χ1v) is 11.7. The summed E-state index contributed by atoms with van der Waals surface area (Å²) in [5.41, 5.74) is 0.937. The molecule has 1 aromatic carbocycles.